The van der Waals surface area contributed by atoms with E-state index < -0.39 is 0 Å². The first kappa shape index (κ1) is 19.3. The number of methoxy groups -OCH3 is 1. The second-order valence-corrected chi connectivity index (χ2v) is 7.59. The van der Waals surface area contributed by atoms with E-state index in [0.717, 1.165) is 11.1 Å². The maximum absolute atomic E-state index is 12.9. The van der Waals surface area contributed by atoms with Crippen molar-refractivity contribution in [3.63, 3.8) is 0 Å². The number of rotatable bonds is 6. The first-order valence-corrected chi connectivity index (χ1v) is 9.85. The number of carbonyl (C=O) groups is 1. The molecule has 4 rings (SSSR count). The number of nitrogens with zero attached hydrogens (tertiary/aromatic N) is 3. The minimum Gasteiger partial charge on any atom is -0.420 e. The lowest BCUT2D eigenvalue weighted by Crippen LogP contribution is -2.30. The molecule has 1 aromatic heterocycles. The Labute approximate surface area is 170 Å². The minimum absolute atomic E-state index is 0.0260. The molecule has 1 saturated heterocycles. The molecule has 1 amide bonds. The van der Waals surface area contributed by atoms with Crippen LogP contribution in [0, 0.1) is 12.8 Å². The van der Waals surface area contributed by atoms with E-state index in [4.69, 9.17) is 9.15 Å². The van der Waals surface area contributed by atoms with Gasteiger partial charge < -0.3 is 14.1 Å². The van der Waals surface area contributed by atoms with Crippen LogP contribution in [0.15, 0.2) is 59.0 Å². The Hall–Kier alpha value is -2.99. The molecule has 0 radical (unpaired) electrons. The zero-order chi connectivity index (χ0) is 20.2. The fraction of sp³-hybridized carbons (Fsp3) is 0.348. The number of ether oxygens (including phenoxy) is 1. The topological polar surface area (TPSA) is 68.5 Å². The van der Waals surface area contributed by atoms with Crippen molar-refractivity contribution in [2.24, 2.45) is 5.92 Å². The van der Waals surface area contributed by atoms with E-state index in [0.29, 0.717) is 37.9 Å². The van der Waals surface area contributed by atoms with E-state index in [1.165, 1.54) is 5.56 Å². The molecule has 1 fully saturated rings. The molecule has 29 heavy (non-hydrogen) atoms. The van der Waals surface area contributed by atoms with Crippen LogP contribution in [0.3, 0.4) is 0 Å². The van der Waals surface area contributed by atoms with Crippen LogP contribution >= 0.6 is 0 Å². The second-order valence-electron chi connectivity index (χ2n) is 7.59. The van der Waals surface area contributed by atoms with Crippen molar-refractivity contribution in [1.29, 1.82) is 0 Å². The number of hydrogen-bond donors (Lipinski definition) is 0. The summed E-state index contributed by atoms with van der Waals surface area (Å²) in [5.41, 5.74) is 3.10. The van der Waals surface area contributed by atoms with Crippen LogP contribution < -0.4 is 0 Å². The van der Waals surface area contributed by atoms with Gasteiger partial charge in [-0.2, -0.15) is 0 Å². The monoisotopic (exact) mass is 391 g/mol. The number of benzene rings is 2. The Kier molecular flexibility index (Phi) is 5.71. The van der Waals surface area contributed by atoms with Gasteiger partial charge in [0.15, 0.2) is 0 Å². The number of aryl methyl sites for hydroxylation is 1. The Balaban J connectivity index is 1.49. The predicted molar refractivity (Wildman–Crippen MR) is 109 cm³/mol. The molecule has 6 heteroatoms. The van der Waals surface area contributed by atoms with Crippen molar-refractivity contribution in [1.82, 2.24) is 15.1 Å². The lowest BCUT2D eigenvalue weighted by Gasteiger charge is -2.16. The highest BCUT2D eigenvalue weighted by Gasteiger charge is 2.39. The molecule has 0 spiro atoms. The summed E-state index contributed by atoms with van der Waals surface area (Å²) >= 11 is 0. The summed E-state index contributed by atoms with van der Waals surface area (Å²) < 4.78 is 11.4. The van der Waals surface area contributed by atoms with Crippen molar-refractivity contribution in [2.45, 2.75) is 19.3 Å². The summed E-state index contributed by atoms with van der Waals surface area (Å²) in [6.45, 7) is 3.78. The molecular weight excluding hydrogens is 366 g/mol. The first-order chi connectivity index (χ1) is 14.1. The van der Waals surface area contributed by atoms with Crippen LogP contribution in [0.2, 0.25) is 0 Å². The van der Waals surface area contributed by atoms with Crippen molar-refractivity contribution < 1.29 is 13.9 Å². The van der Waals surface area contributed by atoms with Gasteiger partial charge in [0.25, 0.3) is 0 Å². The minimum atomic E-state index is -0.0260. The molecule has 0 saturated carbocycles. The van der Waals surface area contributed by atoms with Crippen LogP contribution in [-0.2, 0) is 16.0 Å². The van der Waals surface area contributed by atoms with Crippen LogP contribution in [0.1, 0.15) is 22.9 Å². The number of hydrogen-bond acceptors (Lipinski definition) is 5. The lowest BCUT2D eigenvalue weighted by molar-refractivity contribution is -0.129. The molecule has 1 aliphatic rings. The van der Waals surface area contributed by atoms with Gasteiger partial charge in [-0.15, -0.1) is 10.2 Å². The molecule has 2 heterocycles. The number of amides is 1. The third-order valence-electron chi connectivity index (χ3n) is 5.43. The molecular formula is C23H25N3O3. The zero-order valence-electron chi connectivity index (χ0n) is 16.7. The standard InChI is InChI=1S/C23H25N3O3/c1-16-8-10-17(11-9-16)12-21(27)26-13-19(15-28-2)20(14-26)23-25-24-22(29-23)18-6-4-3-5-7-18/h3-11,19-20H,12-15H2,1-2H3/t19-,20+/m0/s1. The molecule has 0 N–H and O–H groups in total. The molecule has 0 aliphatic carbocycles. The van der Waals surface area contributed by atoms with Crippen molar-refractivity contribution in [3.05, 3.63) is 71.6 Å². The zero-order valence-corrected chi connectivity index (χ0v) is 16.7. The van der Waals surface area contributed by atoms with Gasteiger partial charge in [-0.3, -0.25) is 4.79 Å². The second kappa shape index (κ2) is 8.57. The summed E-state index contributed by atoms with van der Waals surface area (Å²) in [7, 11) is 1.68. The summed E-state index contributed by atoms with van der Waals surface area (Å²) in [6.07, 6.45) is 0.395. The largest absolute Gasteiger partial charge is 0.420 e. The molecule has 1 aliphatic heterocycles. The van der Waals surface area contributed by atoms with E-state index in [-0.39, 0.29) is 17.7 Å². The maximum Gasteiger partial charge on any atom is 0.247 e. The van der Waals surface area contributed by atoms with Gasteiger partial charge in [0.2, 0.25) is 17.7 Å². The Morgan fingerprint density at radius 1 is 1.10 bits per heavy atom. The number of aromatic nitrogens is 2. The third-order valence-corrected chi connectivity index (χ3v) is 5.43. The average molecular weight is 391 g/mol. The van der Waals surface area contributed by atoms with Gasteiger partial charge in [0, 0.05) is 31.7 Å². The van der Waals surface area contributed by atoms with Crippen LogP contribution in [0.25, 0.3) is 11.5 Å². The molecule has 150 valence electrons. The highest BCUT2D eigenvalue weighted by Crippen LogP contribution is 2.34. The fourth-order valence-corrected chi connectivity index (χ4v) is 3.81. The summed E-state index contributed by atoms with van der Waals surface area (Å²) in [6, 6.07) is 17.8. The van der Waals surface area contributed by atoms with E-state index in [2.05, 4.69) is 10.2 Å². The molecule has 3 aromatic rings. The normalized spacial score (nSPS) is 18.9. The quantitative estimate of drug-likeness (QED) is 0.644. The van der Waals surface area contributed by atoms with Gasteiger partial charge in [-0.05, 0) is 24.6 Å². The molecule has 2 aromatic carbocycles. The van der Waals surface area contributed by atoms with Crippen molar-refractivity contribution >= 4 is 5.91 Å². The van der Waals surface area contributed by atoms with Crippen LogP contribution in [-0.4, -0.2) is 47.8 Å². The Morgan fingerprint density at radius 2 is 1.86 bits per heavy atom. The highest BCUT2D eigenvalue weighted by atomic mass is 16.5. The third kappa shape index (κ3) is 4.38. The van der Waals surface area contributed by atoms with Gasteiger partial charge in [-0.1, -0.05) is 48.0 Å². The van der Waals surface area contributed by atoms with E-state index >= 15 is 0 Å². The molecule has 0 unspecified atom stereocenters. The summed E-state index contributed by atoms with van der Waals surface area (Å²) in [5.74, 6) is 1.28. The van der Waals surface area contributed by atoms with Crippen LogP contribution in [0.5, 0.6) is 0 Å². The van der Waals surface area contributed by atoms with E-state index in [9.17, 15) is 4.79 Å². The molecule has 6 nitrogen and oxygen atoms in total. The number of likely N-dealkylation sites (tertiary alicyclic amines) is 1. The summed E-state index contributed by atoms with van der Waals surface area (Å²) in [5, 5.41) is 8.49. The van der Waals surface area contributed by atoms with Gasteiger partial charge in [0.1, 0.15) is 0 Å². The van der Waals surface area contributed by atoms with E-state index in [1.54, 1.807) is 7.11 Å². The van der Waals surface area contributed by atoms with E-state index in [1.807, 2.05) is 66.4 Å². The fourth-order valence-electron chi connectivity index (χ4n) is 3.81. The van der Waals surface area contributed by atoms with Crippen LogP contribution in [0.4, 0.5) is 0 Å². The highest BCUT2D eigenvalue weighted by molar-refractivity contribution is 5.79. The maximum atomic E-state index is 12.9. The first-order valence-electron chi connectivity index (χ1n) is 9.85. The van der Waals surface area contributed by atoms with Gasteiger partial charge in [-0.25, -0.2) is 0 Å². The average Bonchev–Trinajstić information content (AvgIpc) is 3.38. The Bertz CT molecular complexity index is 953. The van der Waals surface area contributed by atoms with Gasteiger partial charge >= 0.3 is 0 Å². The predicted octanol–water partition coefficient (Wildman–Crippen LogP) is 3.48. The Morgan fingerprint density at radius 3 is 2.59 bits per heavy atom. The SMILES string of the molecule is COC[C@@H]1CN(C(=O)Cc2ccc(C)cc2)C[C@H]1c1nnc(-c2ccccc2)o1. The van der Waals surface area contributed by atoms with Crippen molar-refractivity contribution in [3.8, 4) is 11.5 Å². The lowest BCUT2D eigenvalue weighted by atomic mass is 9.97. The van der Waals surface area contributed by atoms with Gasteiger partial charge in [0.05, 0.1) is 18.9 Å². The molecule has 2 atom stereocenters. The summed E-state index contributed by atoms with van der Waals surface area (Å²) in [4.78, 5) is 14.8. The molecule has 0 bridgehead atoms. The number of carbonyl (C=O) groups excluding carboxylic acids is 1. The smallest absolute Gasteiger partial charge is 0.247 e. The van der Waals surface area contributed by atoms with Crippen molar-refractivity contribution in [2.75, 3.05) is 26.8 Å².